The predicted molar refractivity (Wildman–Crippen MR) is 70.5 cm³/mol. The molecule has 0 aliphatic heterocycles. The fraction of sp³-hybridized carbons (Fsp3) is 0.600. The van der Waals surface area contributed by atoms with Crippen LogP contribution >= 0.6 is 0 Å². The number of fused-ring (bicyclic) bond motifs is 2. The number of hydrogen-bond donors (Lipinski definition) is 1. The van der Waals surface area contributed by atoms with Gasteiger partial charge >= 0.3 is 6.61 Å². The quantitative estimate of drug-likeness (QED) is 0.865. The van der Waals surface area contributed by atoms with Crippen LogP contribution in [-0.4, -0.2) is 13.2 Å². The minimum absolute atomic E-state index is 0.237. The monoisotopic (exact) mass is 267 g/mol. The first-order valence-corrected chi connectivity index (χ1v) is 7.00. The average molecular weight is 267 g/mol. The molecular formula is C15H19F2NO. The first-order valence-electron chi connectivity index (χ1n) is 7.00. The largest absolute Gasteiger partial charge is 0.433 e. The van der Waals surface area contributed by atoms with Gasteiger partial charge in [0, 0.05) is 6.54 Å². The van der Waals surface area contributed by atoms with E-state index in [-0.39, 0.29) is 5.75 Å². The molecule has 2 aliphatic rings. The van der Waals surface area contributed by atoms with Crippen LogP contribution in [0.3, 0.4) is 0 Å². The predicted octanol–water partition coefficient (Wildman–Crippen LogP) is 4.14. The number of ether oxygens (including phenoxy) is 1. The molecule has 1 aromatic carbocycles. The normalized spacial score (nSPS) is 28.9. The zero-order chi connectivity index (χ0) is 13.2. The van der Waals surface area contributed by atoms with E-state index < -0.39 is 6.61 Å². The van der Waals surface area contributed by atoms with Crippen molar-refractivity contribution < 1.29 is 13.5 Å². The molecule has 0 amide bonds. The Bertz CT molecular complexity index is 438. The van der Waals surface area contributed by atoms with Gasteiger partial charge in [-0.2, -0.15) is 8.78 Å². The molecule has 1 aromatic rings. The summed E-state index contributed by atoms with van der Waals surface area (Å²) in [4.78, 5) is 0. The molecule has 2 saturated carbocycles. The summed E-state index contributed by atoms with van der Waals surface area (Å²) < 4.78 is 29.2. The van der Waals surface area contributed by atoms with Gasteiger partial charge in [0.25, 0.3) is 0 Å². The molecule has 2 nitrogen and oxygen atoms in total. The van der Waals surface area contributed by atoms with Gasteiger partial charge in [0.2, 0.25) is 0 Å². The molecule has 0 saturated heterocycles. The molecular weight excluding hydrogens is 248 g/mol. The van der Waals surface area contributed by atoms with Crippen molar-refractivity contribution in [1.29, 1.82) is 0 Å². The van der Waals surface area contributed by atoms with E-state index in [4.69, 9.17) is 0 Å². The molecule has 19 heavy (non-hydrogen) atoms. The van der Waals surface area contributed by atoms with Crippen molar-refractivity contribution in [3.63, 3.8) is 0 Å². The molecule has 0 aromatic heterocycles. The van der Waals surface area contributed by atoms with Crippen molar-refractivity contribution in [3.05, 3.63) is 24.3 Å². The smallest absolute Gasteiger partial charge is 0.387 e. The Morgan fingerprint density at radius 3 is 2.74 bits per heavy atom. The highest BCUT2D eigenvalue weighted by Crippen LogP contribution is 2.48. The molecule has 3 unspecified atom stereocenters. The summed E-state index contributed by atoms with van der Waals surface area (Å²) in [6.07, 6.45) is 5.37. The number of benzene rings is 1. The molecule has 1 N–H and O–H groups in total. The first kappa shape index (κ1) is 12.7. The molecule has 3 atom stereocenters. The molecule has 0 spiro atoms. The number of halogens is 2. The highest BCUT2D eigenvalue weighted by molar-refractivity contribution is 5.56. The van der Waals surface area contributed by atoms with Gasteiger partial charge in [-0.25, -0.2) is 0 Å². The summed E-state index contributed by atoms with van der Waals surface area (Å²) in [7, 11) is 0. The minimum Gasteiger partial charge on any atom is -0.433 e. The molecule has 4 heteroatoms. The van der Waals surface area contributed by atoms with Gasteiger partial charge in [-0.15, -0.1) is 0 Å². The lowest BCUT2D eigenvalue weighted by Crippen LogP contribution is -2.20. The van der Waals surface area contributed by atoms with Crippen LogP contribution in [0.5, 0.6) is 5.75 Å². The SMILES string of the molecule is FC(F)Oc1ccccc1NCC1CC2CCC1C2. The minimum atomic E-state index is -2.77. The highest BCUT2D eigenvalue weighted by atomic mass is 19.3. The van der Waals surface area contributed by atoms with Crippen molar-refractivity contribution in [3.8, 4) is 5.75 Å². The Morgan fingerprint density at radius 1 is 1.21 bits per heavy atom. The third-order valence-corrected chi connectivity index (χ3v) is 4.54. The van der Waals surface area contributed by atoms with Gasteiger partial charge in [0.05, 0.1) is 5.69 Å². The Labute approximate surface area is 112 Å². The Hall–Kier alpha value is -1.32. The van der Waals surface area contributed by atoms with Crippen LogP contribution in [0.15, 0.2) is 24.3 Å². The van der Waals surface area contributed by atoms with Crippen LogP contribution in [0.2, 0.25) is 0 Å². The topological polar surface area (TPSA) is 21.3 Å². The molecule has 2 fully saturated rings. The molecule has 2 aliphatic carbocycles. The fourth-order valence-corrected chi connectivity index (χ4v) is 3.68. The number of para-hydroxylation sites is 2. The maximum atomic E-state index is 12.3. The zero-order valence-corrected chi connectivity index (χ0v) is 10.8. The number of nitrogens with one attached hydrogen (secondary N) is 1. The third-order valence-electron chi connectivity index (χ3n) is 4.54. The van der Waals surface area contributed by atoms with Gasteiger partial charge in [0.1, 0.15) is 5.75 Å². The summed E-state index contributed by atoms with van der Waals surface area (Å²) in [5.41, 5.74) is 0.672. The van der Waals surface area contributed by atoms with E-state index in [1.165, 1.54) is 25.7 Å². The molecule has 2 bridgehead atoms. The number of hydrogen-bond acceptors (Lipinski definition) is 2. The van der Waals surface area contributed by atoms with E-state index in [0.717, 1.165) is 18.4 Å². The van der Waals surface area contributed by atoms with Gasteiger partial charge in [0.15, 0.2) is 0 Å². The lowest BCUT2D eigenvalue weighted by Gasteiger charge is -2.23. The van der Waals surface area contributed by atoms with Crippen LogP contribution in [0.1, 0.15) is 25.7 Å². The summed E-state index contributed by atoms with van der Waals surface area (Å²) in [5.74, 6) is 2.67. The number of rotatable bonds is 5. The summed E-state index contributed by atoms with van der Waals surface area (Å²) >= 11 is 0. The van der Waals surface area contributed by atoms with Crippen molar-refractivity contribution in [2.75, 3.05) is 11.9 Å². The van der Waals surface area contributed by atoms with Gasteiger partial charge in [-0.1, -0.05) is 18.6 Å². The third kappa shape index (κ3) is 2.82. The highest BCUT2D eigenvalue weighted by Gasteiger charge is 2.39. The second-order valence-electron chi connectivity index (χ2n) is 5.69. The maximum absolute atomic E-state index is 12.3. The molecule has 3 rings (SSSR count). The van der Waals surface area contributed by atoms with Crippen LogP contribution in [0.4, 0.5) is 14.5 Å². The number of alkyl halides is 2. The zero-order valence-electron chi connectivity index (χ0n) is 10.8. The number of anilines is 1. The van der Waals surface area contributed by atoms with Gasteiger partial charge < -0.3 is 10.1 Å². The Kier molecular flexibility index (Phi) is 3.58. The van der Waals surface area contributed by atoms with E-state index in [2.05, 4.69) is 10.1 Å². The van der Waals surface area contributed by atoms with Gasteiger partial charge in [-0.3, -0.25) is 0 Å². The Morgan fingerprint density at radius 2 is 2.05 bits per heavy atom. The maximum Gasteiger partial charge on any atom is 0.387 e. The van der Waals surface area contributed by atoms with Crippen LogP contribution in [0.25, 0.3) is 0 Å². The summed E-state index contributed by atoms with van der Waals surface area (Å²) in [5, 5.41) is 3.29. The lowest BCUT2D eigenvalue weighted by molar-refractivity contribution is -0.0493. The van der Waals surface area contributed by atoms with E-state index in [1.54, 1.807) is 18.2 Å². The molecule has 0 heterocycles. The lowest BCUT2D eigenvalue weighted by atomic mass is 9.89. The van der Waals surface area contributed by atoms with E-state index in [0.29, 0.717) is 11.6 Å². The first-order chi connectivity index (χ1) is 9.22. The van der Waals surface area contributed by atoms with Crippen LogP contribution < -0.4 is 10.1 Å². The summed E-state index contributed by atoms with van der Waals surface area (Å²) in [6.45, 7) is -1.91. The van der Waals surface area contributed by atoms with Crippen molar-refractivity contribution in [2.24, 2.45) is 17.8 Å². The standard InChI is InChI=1S/C15H19F2NO/c16-15(17)19-14-4-2-1-3-13(14)18-9-12-8-10-5-6-11(12)7-10/h1-4,10-12,15,18H,5-9H2. The van der Waals surface area contributed by atoms with Crippen LogP contribution in [0, 0.1) is 17.8 Å². The molecule has 0 radical (unpaired) electrons. The second-order valence-corrected chi connectivity index (χ2v) is 5.69. The Balaban J connectivity index is 1.60. The van der Waals surface area contributed by atoms with Crippen LogP contribution in [-0.2, 0) is 0 Å². The van der Waals surface area contributed by atoms with Crippen molar-refractivity contribution in [2.45, 2.75) is 32.3 Å². The molecule has 104 valence electrons. The summed E-state index contributed by atoms with van der Waals surface area (Å²) in [6, 6.07) is 6.92. The van der Waals surface area contributed by atoms with E-state index >= 15 is 0 Å². The average Bonchev–Trinajstić information content (AvgIpc) is 2.99. The fourth-order valence-electron chi connectivity index (χ4n) is 3.68. The van der Waals surface area contributed by atoms with Crippen molar-refractivity contribution in [1.82, 2.24) is 0 Å². The van der Waals surface area contributed by atoms with E-state index in [1.807, 2.05) is 6.07 Å². The van der Waals surface area contributed by atoms with Crippen molar-refractivity contribution >= 4 is 5.69 Å². The van der Waals surface area contributed by atoms with Gasteiger partial charge in [-0.05, 0) is 49.1 Å². The second kappa shape index (κ2) is 5.35. The van der Waals surface area contributed by atoms with E-state index in [9.17, 15) is 8.78 Å².